The fourth-order valence-corrected chi connectivity index (χ4v) is 3.49. The minimum Gasteiger partial charge on any atom is -0.490 e. The Hall–Kier alpha value is -3.82. The van der Waals surface area contributed by atoms with Crippen LogP contribution in [0.5, 0.6) is 0 Å². The number of cyclic esters (lactones) is 1. The zero-order valence-electron chi connectivity index (χ0n) is 23.3. The molecule has 0 aromatic heterocycles. The molecule has 0 saturated heterocycles. The number of esters is 1. The lowest BCUT2D eigenvalue weighted by Gasteiger charge is -2.29. The molecule has 1 rings (SSSR count). The highest BCUT2D eigenvalue weighted by molar-refractivity contribution is 5.93. The van der Waals surface area contributed by atoms with Crippen molar-refractivity contribution in [1.29, 1.82) is 0 Å². The van der Waals surface area contributed by atoms with Crippen LogP contribution in [0.4, 0.5) is 4.79 Å². The minimum atomic E-state index is -0.855. The van der Waals surface area contributed by atoms with E-state index in [1.807, 2.05) is 46.8 Å². The highest BCUT2D eigenvalue weighted by atomic mass is 16.6. The third kappa shape index (κ3) is 11.9. The van der Waals surface area contributed by atoms with Crippen LogP contribution in [0.2, 0.25) is 0 Å². The van der Waals surface area contributed by atoms with Gasteiger partial charge in [0.15, 0.2) is 5.76 Å². The molecule has 0 bridgehead atoms. The molecule has 0 aromatic carbocycles. The van der Waals surface area contributed by atoms with Crippen LogP contribution in [0.3, 0.4) is 0 Å². The molecule has 0 aromatic rings. The zero-order valence-corrected chi connectivity index (χ0v) is 23.3. The third-order valence-corrected chi connectivity index (χ3v) is 5.66. The van der Waals surface area contributed by atoms with Gasteiger partial charge in [-0.3, -0.25) is 9.59 Å². The van der Waals surface area contributed by atoms with E-state index in [1.165, 1.54) is 19.4 Å². The number of rotatable bonds is 12. The quantitative estimate of drug-likeness (QED) is 0.198. The number of allylic oxidation sites excluding steroid dienone is 4. The molecule has 10 nitrogen and oxygen atoms in total. The van der Waals surface area contributed by atoms with Crippen molar-refractivity contribution >= 4 is 23.9 Å². The van der Waals surface area contributed by atoms with Crippen molar-refractivity contribution in [2.45, 2.75) is 66.5 Å². The summed E-state index contributed by atoms with van der Waals surface area (Å²) in [5.74, 6) is -1.03. The van der Waals surface area contributed by atoms with Gasteiger partial charge in [0, 0.05) is 31.0 Å². The van der Waals surface area contributed by atoms with E-state index in [4.69, 9.17) is 15.2 Å². The summed E-state index contributed by atoms with van der Waals surface area (Å²) in [6.07, 6.45) is 11.6. The molecular formula is C28H41N3O7. The number of ether oxygens (including phenoxy) is 3. The number of nitrogens with one attached hydrogen (secondary N) is 2. The van der Waals surface area contributed by atoms with Gasteiger partial charge in [-0.25, -0.2) is 9.59 Å². The molecule has 3 atom stereocenters. The predicted molar refractivity (Wildman–Crippen MR) is 144 cm³/mol. The summed E-state index contributed by atoms with van der Waals surface area (Å²) in [4.78, 5) is 47.8. The number of carbonyl (C=O) groups is 4. The van der Waals surface area contributed by atoms with Crippen LogP contribution >= 0.6 is 0 Å². The largest absolute Gasteiger partial charge is 0.490 e. The second-order valence-corrected chi connectivity index (χ2v) is 10.2. The fourth-order valence-electron chi connectivity index (χ4n) is 3.49. The number of methoxy groups -OCH3 is 1. The highest BCUT2D eigenvalue weighted by Crippen LogP contribution is 2.23. The molecule has 0 fully saturated rings. The standard InChI is InChI=1S/C28H41N3O7/c1-18(16-20(3)21-12-13-22(36-7)26(34)38-21)10-8-9-11-23(32)31-24(28(4,5)6)25(33)30-17-19(2)14-15-37-27(29)35/h8-11,13,16-17,20-21,24H,12,14-15H2,1-7H3,(H2,29,35)(H,30,33)(H,31,32)/b10-8-,11-9-,18-16+,19-17-/t20-,21-,24+/m0/s1. The van der Waals surface area contributed by atoms with E-state index in [0.717, 1.165) is 11.1 Å². The van der Waals surface area contributed by atoms with Crippen molar-refractivity contribution in [2.75, 3.05) is 13.7 Å². The first-order valence-electron chi connectivity index (χ1n) is 12.4. The van der Waals surface area contributed by atoms with Gasteiger partial charge in [0.05, 0.1) is 13.7 Å². The predicted octanol–water partition coefficient (Wildman–Crippen LogP) is 3.56. The second kappa shape index (κ2) is 15.4. The minimum absolute atomic E-state index is 0.00930. The first-order chi connectivity index (χ1) is 17.7. The van der Waals surface area contributed by atoms with Gasteiger partial charge >= 0.3 is 12.1 Å². The van der Waals surface area contributed by atoms with Crippen LogP contribution in [0.15, 0.2) is 59.6 Å². The molecule has 38 heavy (non-hydrogen) atoms. The van der Waals surface area contributed by atoms with Crippen molar-refractivity contribution in [3.8, 4) is 0 Å². The van der Waals surface area contributed by atoms with Crippen LogP contribution in [0, 0.1) is 11.3 Å². The van der Waals surface area contributed by atoms with Crippen LogP contribution in [-0.4, -0.2) is 49.7 Å². The van der Waals surface area contributed by atoms with E-state index in [-0.39, 0.29) is 30.3 Å². The highest BCUT2D eigenvalue weighted by Gasteiger charge is 2.32. The van der Waals surface area contributed by atoms with Gasteiger partial charge in [-0.15, -0.1) is 0 Å². The van der Waals surface area contributed by atoms with Crippen molar-refractivity contribution in [3.05, 3.63) is 59.6 Å². The van der Waals surface area contributed by atoms with Crippen molar-refractivity contribution in [1.82, 2.24) is 10.6 Å². The zero-order chi connectivity index (χ0) is 28.9. The lowest BCUT2D eigenvalue weighted by molar-refractivity contribution is -0.151. The maximum Gasteiger partial charge on any atom is 0.404 e. The van der Waals surface area contributed by atoms with Gasteiger partial charge in [0.2, 0.25) is 11.8 Å². The maximum atomic E-state index is 12.8. The molecule has 0 unspecified atom stereocenters. The molecule has 4 N–H and O–H groups in total. The summed E-state index contributed by atoms with van der Waals surface area (Å²) in [5.41, 5.74) is 6.10. The second-order valence-electron chi connectivity index (χ2n) is 10.2. The molecule has 1 aliphatic heterocycles. The molecule has 10 heteroatoms. The summed E-state index contributed by atoms with van der Waals surface area (Å²) in [6.45, 7) is 11.3. The van der Waals surface area contributed by atoms with E-state index < -0.39 is 29.4 Å². The van der Waals surface area contributed by atoms with E-state index in [1.54, 1.807) is 25.2 Å². The topological polar surface area (TPSA) is 146 Å². The van der Waals surface area contributed by atoms with E-state index >= 15 is 0 Å². The summed E-state index contributed by atoms with van der Waals surface area (Å²) in [7, 11) is 1.44. The first-order valence-corrected chi connectivity index (χ1v) is 12.4. The normalized spacial score (nSPS) is 18.4. The summed E-state index contributed by atoms with van der Waals surface area (Å²) in [5, 5.41) is 5.44. The first kappa shape index (κ1) is 32.2. The molecule has 0 radical (unpaired) electrons. The fraction of sp³-hybridized carbons (Fsp3) is 0.500. The Balaban J connectivity index is 2.67. The van der Waals surface area contributed by atoms with Gasteiger partial charge in [-0.1, -0.05) is 63.1 Å². The van der Waals surface area contributed by atoms with Gasteiger partial charge in [0.1, 0.15) is 12.1 Å². The average molecular weight is 532 g/mol. The lowest BCUT2D eigenvalue weighted by Crippen LogP contribution is -2.52. The molecule has 0 saturated carbocycles. The molecular weight excluding hydrogens is 490 g/mol. The van der Waals surface area contributed by atoms with Crippen LogP contribution in [0.1, 0.15) is 54.4 Å². The maximum absolute atomic E-state index is 12.8. The van der Waals surface area contributed by atoms with E-state index in [2.05, 4.69) is 15.4 Å². The van der Waals surface area contributed by atoms with Gasteiger partial charge in [-0.05, 0) is 25.3 Å². The van der Waals surface area contributed by atoms with E-state index in [9.17, 15) is 19.2 Å². The van der Waals surface area contributed by atoms with Crippen LogP contribution in [0.25, 0.3) is 0 Å². The van der Waals surface area contributed by atoms with Crippen molar-refractivity contribution in [2.24, 2.45) is 17.1 Å². The Morgan fingerprint density at radius 3 is 2.45 bits per heavy atom. The number of amides is 3. The SMILES string of the molecule is COC1=CC[C@@H]([C@@H](C)/C=C(C)/C=C\C=C/C(=O)N[C@H](C(=O)N/C=C(/C)CCOC(N)=O)C(C)(C)C)OC1=O. The monoisotopic (exact) mass is 531 g/mol. The Morgan fingerprint density at radius 1 is 1.21 bits per heavy atom. The number of primary amides is 1. The smallest absolute Gasteiger partial charge is 0.404 e. The third-order valence-electron chi connectivity index (χ3n) is 5.66. The van der Waals surface area contributed by atoms with Crippen molar-refractivity contribution < 1.29 is 33.4 Å². The molecule has 0 aliphatic carbocycles. The Bertz CT molecular complexity index is 1020. The van der Waals surface area contributed by atoms with Gasteiger partial charge < -0.3 is 30.6 Å². The molecule has 1 aliphatic rings. The van der Waals surface area contributed by atoms with Crippen LogP contribution < -0.4 is 16.4 Å². The average Bonchev–Trinajstić information content (AvgIpc) is 2.82. The summed E-state index contributed by atoms with van der Waals surface area (Å²) >= 11 is 0. The van der Waals surface area contributed by atoms with Gasteiger partial charge in [0.25, 0.3) is 0 Å². The number of hydrogen-bond acceptors (Lipinski definition) is 7. The molecule has 210 valence electrons. The number of carbonyl (C=O) groups excluding carboxylic acids is 4. The van der Waals surface area contributed by atoms with Crippen molar-refractivity contribution in [3.63, 3.8) is 0 Å². The molecule has 3 amide bonds. The Labute approximate surface area is 225 Å². The molecule has 0 spiro atoms. The Kier molecular flexibility index (Phi) is 13.1. The number of hydrogen-bond donors (Lipinski definition) is 3. The van der Waals surface area contributed by atoms with E-state index in [0.29, 0.717) is 12.8 Å². The van der Waals surface area contributed by atoms with Gasteiger partial charge in [-0.2, -0.15) is 0 Å². The number of nitrogens with two attached hydrogens (primary N) is 1. The summed E-state index contributed by atoms with van der Waals surface area (Å²) in [6, 6.07) is -0.789. The molecule has 1 heterocycles. The Morgan fingerprint density at radius 2 is 1.87 bits per heavy atom. The lowest BCUT2D eigenvalue weighted by atomic mass is 9.86. The van der Waals surface area contributed by atoms with Crippen LogP contribution in [-0.2, 0) is 28.6 Å². The summed E-state index contributed by atoms with van der Waals surface area (Å²) < 4.78 is 15.1.